The summed E-state index contributed by atoms with van der Waals surface area (Å²) in [4.78, 5) is 22.7. The fraction of sp³-hybridized carbons (Fsp3) is 0.467. The number of amides is 1. The summed E-state index contributed by atoms with van der Waals surface area (Å²) in [7, 11) is 1.61. The average Bonchev–Trinajstić information content (AvgIpc) is 3.04. The van der Waals surface area contributed by atoms with E-state index in [1.807, 2.05) is 23.9 Å². The second-order valence-corrected chi connectivity index (χ2v) is 5.50. The van der Waals surface area contributed by atoms with Gasteiger partial charge in [-0.3, -0.25) is 9.48 Å². The summed E-state index contributed by atoms with van der Waals surface area (Å²) in [6.07, 6.45) is 5.75. The minimum absolute atomic E-state index is 0.159. The van der Waals surface area contributed by atoms with E-state index in [0.717, 1.165) is 37.6 Å². The van der Waals surface area contributed by atoms with E-state index < -0.39 is 0 Å². The summed E-state index contributed by atoms with van der Waals surface area (Å²) in [5.41, 5.74) is 1.42. The van der Waals surface area contributed by atoms with Crippen LogP contribution in [0.1, 0.15) is 35.1 Å². The van der Waals surface area contributed by atoms with Crippen LogP contribution in [0.5, 0.6) is 0 Å². The van der Waals surface area contributed by atoms with Crippen molar-refractivity contribution in [2.75, 3.05) is 25.0 Å². The summed E-state index contributed by atoms with van der Waals surface area (Å²) in [5.74, 6) is 0.608. The van der Waals surface area contributed by atoms with Crippen LogP contribution >= 0.6 is 0 Å². The van der Waals surface area contributed by atoms with Gasteiger partial charge in [-0.2, -0.15) is 5.10 Å². The number of hydrogen-bond acceptors (Lipinski definition) is 5. The zero-order valence-electron chi connectivity index (χ0n) is 12.9. The van der Waals surface area contributed by atoms with Crippen molar-refractivity contribution >= 4 is 11.9 Å². The van der Waals surface area contributed by atoms with Crippen LogP contribution in [0.3, 0.4) is 0 Å². The first kappa shape index (κ1) is 14.5. The van der Waals surface area contributed by atoms with Gasteiger partial charge in [0.2, 0.25) is 5.95 Å². The van der Waals surface area contributed by atoms with Crippen LogP contribution in [0.25, 0.3) is 0 Å². The fourth-order valence-electron chi connectivity index (χ4n) is 2.73. The molecule has 1 N–H and O–H groups in total. The quantitative estimate of drug-likeness (QED) is 0.921. The normalized spacial score (nSPS) is 18.3. The van der Waals surface area contributed by atoms with Crippen LogP contribution < -0.4 is 10.2 Å². The van der Waals surface area contributed by atoms with Gasteiger partial charge in [-0.25, -0.2) is 9.97 Å². The summed E-state index contributed by atoms with van der Waals surface area (Å²) in [6, 6.07) is 3.88. The first-order valence-electron chi connectivity index (χ1n) is 7.49. The minimum Gasteiger partial charge on any atom is -0.354 e. The Hall–Kier alpha value is -2.44. The number of carbonyl (C=O) groups is 1. The molecule has 0 spiro atoms. The second kappa shape index (κ2) is 6.13. The Morgan fingerprint density at radius 2 is 2.27 bits per heavy atom. The number of nitrogens with zero attached hydrogens (tertiary/aromatic N) is 5. The molecule has 1 aliphatic heterocycles. The molecule has 2 aromatic heterocycles. The van der Waals surface area contributed by atoms with E-state index >= 15 is 0 Å². The molecule has 3 heterocycles. The number of piperidine rings is 1. The molecule has 22 heavy (non-hydrogen) atoms. The molecule has 3 rings (SSSR count). The third-order valence-electron chi connectivity index (χ3n) is 3.90. The zero-order valence-corrected chi connectivity index (χ0v) is 12.9. The molecule has 0 saturated carbocycles. The van der Waals surface area contributed by atoms with E-state index in [0.29, 0.717) is 5.69 Å². The Bertz CT molecular complexity index is 668. The molecule has 1 atom stereocenters. The van der Waals surface area contributed by atoms with Crippen LogP contribution in [-0.2, 0) is 0 Å². The van der Waals surface area contributed by atoms with Gasteiger partial charge < -0.3 is 10.2 Å². The molecule has 116 valence electrons. The highest BCUT2D eigenvalue weighted by Gasteiger charge is 2.24. The molecule has 0 aliphatic carbocycles. The lowest BCUT2D eigenvalue weighted by atomic mass is 10.1. The van der Waals surface area contributed by atoms with Crippen molar-refractivity contribution < 1.29 is 4.79 Å². The molecule has 7 nitrogen and oxygen atoms in total. The van der Waals surface area contributed by atoms with E-state index in [9.17, 15) is 4.79 Å². The largest absolute Gasteiger partial charge is 0.354 e. The van der Waals surface area contributed by atoms with E-state index in [1.54, 1.807) is 19.3 Å². The van der Waals surface area contributed by atoms with Crippen molar-refractivity contribution in [1.82, 2.24) is 25.1 Å². The molecule has 0 unspecified atom stereocenters. The van der Waals surface area contributed by atoms with E-state index in [1.165, 1.54) is 0 Å². The van der Waals surface area contributed by atoms with Crippen molar-refractivity contribution in [3.05, 3.63) is 35.9 Å². The van der Waals surface area contributed by atoms with Gasteiger partial charge in [0.1, 0.15) is 5.69 Å². The van der Waals surface area contributed by atoms with Gasteiger partial charge in [0.05, 0.1) is 6.04 Å². The van der Waals surface area contributed by atoms with Gasteiger partial charge in [-0.05, 0) is 31.9 Å². The van der Waals surface area contributed by atoms with E-state index in [2.05, 4.69) is 25.3 Å². The number of carbonyl (C=O) groups excluding carboxylic acids is 1. The Morgan fingerprint density at radius 1 is 1.41 bits per heavy atom. The first-order valence-corrected chi connectivity index (χ1v) is 7.49. The van der Waals surface area contributed by atoms with Crippen LogP contribution in [0.2, 0.25) is 0 Å². The smallest absolute Gasteiger partial charge is 0.271 e. The van der Waals surface area contributed by atoms with E-state index in [-0.39, 0.29) is 11.9 Å². The molecule has 0 aromatic carbocycles. The predicted molar refractivity (Wildman–Crippen MR) is 82.9 cm³/mol. The molecular formula is C15H20N6O. The van der Waals surface area contributed by atoms with E-state index in [4.69, 9.17) is 0 Å². The molecule has 1 amide bonds. The molecule has 1 saturated heterocycles. The molecular weight excluding hydrogens is 280 g/mol. The minimum atomic E-state index is -0.159. The molecule has 7 heteroatoms. The average molecular weight is 300 g/mol. The number of rotatable bonds is 3. The Labute approximate surface area is 129 Å². The summed E-state index contributed by atoms with van der Waals surface area (Å²) < 4.78 is 1.88. The Balaban J connectivity index is 1.75. The number of aryl methyl sites for hydroxylation is 1. The monoisotopic (exact) mass is 300 g/mol. The van der Waals surface area contributed by atoms with Gasteiger partial charge in [0.25, 0.3) is 5.91 Å². The lowest BCUT2D eigenvalue weighted by Crippen LogP contribution is -2.38. The second-order valence-electron chi connectivity index (χ2n) is 5.50. The molecule has 1 aliphatic rings. The number of anilines is 1. The first-order chi connectivity index (χ1) is 10.7. The topological polar surface area (TPSA) is 75.9 Å². The van der Waals surface area contributed by atoms with Gasteiger partial charge >= 0.3 is 0 Å². The lowest BCUT2D eigenvalue weighted by molar-refractivity contribution is 0.0957. The van der Waals surface area contributed by atoms with Gasteiger partial charge in [-0.15, -0.1) is 0 Å². The SMILES string of the molecule is CNC(=O)c1ccn([C@H]2CCCN(c3nccc(C)n3)C2)n1. The summed E-state index contributed by atoms with van der Waals surface area (Å²) in [6.45, 7) is 3.72. The van der Waals surface area contributed by atoms with Gasteiger partial charge in [0, 0.05) is 38.2 Å². The van der Waals surface area contributed by atoms with Crippen molar-refractivity contribution in [1.29, 1.82) is 0 Å². The fourth-order valence-corrected chi connectivity index (χ4v) is 2.73. The number of aromatic nitrogens is 4. The highest BCUT2D eigenvalue weighted by molar-refractivity contribution is 5.91. The van der Waals surface area contributed by atoms with Crippen molar-refractivity contribution in [2.24, 2.45) is 0 Å². The molecule has 1 fully saturated rings. The molecule has 0 radical (unpaired) electrons. The van der Waals surface area contributed by atoms with Crippen molar-refractivity contribution in [3.63, 3.8) is 0 Å². The highest BCUT2D eigenvalue weighted by Crippen LogP contribution is 2.23. The van der Waals surface area contributed by atoms with Crippen LogP contribution in [0, 0.1) is 6.92 Å². The predicted octanol–water partition coefficient (Wildman–Crippen LogP) is 1.18. The van der Waals surface area contributed by atoms with Gasteiger partial charge in [-0.1, -0.05) is 0 Å². The summed E-state index contributed by atoms with van der Waals surface area (Å²) in [5, 5.41) is 6.98. The van der Waals surface area contributed by atoms with Crippen LogP contribution in [0.4, 0.5) is 5.95 Å². The highest BCUT2D eigenvalue weighted by atomic mass is 16.1. The molecule has 0 bridgehead atoms. The van der Waals surface area contributed by atoms with Crippen LogP contribution in [0.15, 0.2) is 24.5 Å². The van der Waals surface area contributed by atoms with Crippen LogP contribution in [-0.4, -0.2) is 45.8 Å². The maximum Gasteiger partial charge on any atom is 0.271 e. The zero-order chi connectivity index (χ0) is 15.5. The Kier molecular flexibility index (Phi) is 4.04. The third kappa shape index (κ3) is 2.93. The number of hydrogen-bond donors (Lipinski definition) is 1. The maximum atomic E-state index is 11.6. The Morgan fingerprint density at radius 3 is 3.05 bits per heavy atom. The standard InChI is InChI=1S/C15H20N6O/c1-11-5-7-17-15(18-11)20-8-3-4-12(10-20)21-9-6-13(19-21)14(22)16-2/h5-7,9,12H,3-4,8,10H2,1-2H3,(H,16,22)/t12-/m0/s1. The van der Waals surface area contributed by atoms with Crippen molar-refractivity contribution in [3.8, 4) is 0 Å². The van der Waals surface area contributed by atoms with Crippen molar-refractivity contribution in [2.45, 2.75) is 25.8 Å². The third-order valence-corrected chi connectivity index (χ3v) is 3.90. The van der Waals surface area contributed by atoms with Gasteiger partial charge in [0.15, 0.2) is 0 Å². The maximum absolute atomic E-state index is 11.6. The number of nitrogens with one attached hydrogen (secondary N) is 1. The lowest BCUT2D eigenvalue weighted by Gasteiger charge is -2.32. The summed E-state index contributed by atoms with van der Waals surface area (Å²) >= 11 is 0. The molecule has 2 aromatic rings.